The highest BCUT2D eigenvalue weighted by atomic mass is 16.1. The zero-order chi connectivity index (χ0) is 23.6. The smallest absolute Gasteiger partial charge is 0.253 e. The lowest BCUT2D eigenvalue weighted by Gasteiger charge is -2.43. The van der Waals surface area contributed by atoms with Crippen molar-refractivity contribution in [3.63, 3.8) is 0 Å². The summed E-state index contributed by atoms with van der Waals surface area (Å²) < 4.78 is 1.64. The van der Waals surface area contributed by atoms with Crippen LogP contribution in [-0.4, -0.2) is 52.2 Å². The van der Waals surface area contributed by atoms with E-state index in [-0.39, 0.29) is 11.1 Å². The van der Waals surface area contributed by atoms with Gasteiger partial charge in [-0.25, -0.2) is 4.98 Å². The van der Waals surface area contributed by atoms with Crippen LogP contribution in [-0.2, 0) is 13.6 Å². The highest BCUT2D eigenvalue weighted by Gasteiger charge is 2.39. The number of fused-ring (bicyclic) bond motifs is 4. The van der Waals surface area contributed by atoms with Gasteiger partial charge < -0.3 is 15.5 Å². The molecule has 7 heteroatoms. The number of aryl methyl sites for hydroxylation is 1. The van der Waals surface area contributed by atoms with E-state index in [1.54, 1.807) is 23.9 Å². The summed E-state index contributed by atoms with van der Waals surface area (Å²) in [7, 11) is 1.79. The number of nitrogens with two attached hydrogens (primary N) is 1. The quantitative estimate of drug-likeness (QED) is 0.637. The van der Waals surface area contributed by atoms with Gasteiger partial charge in [0.05, 0.1) is 11.7 Å². The normalized spacial score (nSPS) is 24.4. The fourth-order valence-corrected chi connectivity index (χ4v) is 6.10. The second-order valence-corrected chi connectivity index (χ2v) is 10.8. The Bertz CT molecular complexity index is 1300. The van der Waals surface area contributed by atoms with Crippen molar-refractivity contribution in [3.05, 3.63) is 64.1 Å². The Morgan fingerprint density at radius 2 is 1.88 bits per heavy atom. The third-order valence-corrected chi connectivity index (χ3v) is 8.27. The van der Waals surface area contributed by atoms with Gasteiger partial charge in [-0.15, -0.1) is 0 Å². The van der Waals surface area contributed by atoms with Crippen molar-refractivity contribution in [2.45, 2.75) is 50.9 Å². The molecule has 0 unspecified atom stereocenters. The summed E-state index contributed by atoms with van der Waals surface area (Å²) in [5, 5.41) is 1.04. The lowest BCUT2D eigenvalue weighted by Crippen LogP contribution is -2.51. The predicted molar refractivity (Wildman–Crippen MR) is 137 cm³/mol. The maximum absolute atomic E-state index is 12.7. The van der Waals surface area contributed by atoms with Gasteiger partial charge in [-0.3, -0.25) is 14.3 Å². The number of aromatic nitrogens is 2. The van der Waals surface area contributed by atoms with E-state index < -0.39 is 0 Å². The van der Waals surface area contributed by atoms with Crippen LogP contribution in [0.25, 0.3) is 11.0 Å². The molecule has 3 aliphatic heterocycles. The van der Waals surface area contributed by atoms with E-state index in [4.69, 9.17) is 5.73 Å². The zero-order valence-electron chi connectivity index (χ0n) is 20.4. The van der Waals surface area contributed by atoms with Gasteiger partial charge in [-0.1, -0.05) is 6.07 Å². The highest BCUT2D eigenvalue weighted by molar-refractivity contribution is 5.89. The van der Waals surface area contributed by atoms with Gasteiger partial charge in [0.2, 0.25) is 0 Å². The number of nitrogens with zero attached hydrogens (tertiary/aromatic N) is 5. The number of benzene rings is 1. The molecule has 34 heavy (non-hydrogen) atoms. The maximum Gasteiger partial charge on any atom is 0.253 e. The van der Waals surface area contributed by atoms with Gasteiger partial charge in [0, 0.05) is 74.7 Å². The van der Waals surface area contributed by atoms with E-state index in [0.717, 1.165) is 62.3 Å². The number of pyridine rings is 2. The van der Waals surface area contributed by atoms with Gasteiger partial charge in [-0.2, -0.15) is 0 Å². The van der Waals surface area contributed by atoms with Crippen molar-refractivity contribution in [3.8, 4) is 0 Å². The first-order valence-electron chi connectivity index (χ1n) is 12.4. The fraction of sp³-hybridized carbons (Fsp3) is 0.481. The monoisotopic (exact) mass is 458 g/mol. The fourth-order valence-electron chi connectivity index (χ4n) is 6.10. The average Bonchev–Trinajstić information content (AvgIpc) is 3.20. The molecule has 2 N–H and O–H groups in total. The number of hydrogen-bond acceptors (Lipinski definition) is 6. The molecule has 2 aromatic heterocycles. The first-order chi connectivity index (χ1) is 16.3. The standard InChI is InChI=1S/C27H34N6O/c1-18-15-32(23-14-25(34)30(3)26-22(23)5-4-10-29-26)17-24-21-7-6-20(13-19(21)16-33(18)24)31-11-8-27(2,28)9-12-31/h4-7,10,13-14,18,24H,8-9,11-12,15-17,28H2,1-3H3/t18-,24-/m1/s1. The molecule has 2 fully saturated rings. The molecule has 0 bridgehead atoms. The van der Waals surface area contributed by atoms with Crippen LogP contribution >= 0.6 is 0 Å². The maximum atomic E-state index is 12.7. The topological polar surface area (TPSA) is 70.6 Å². The highest BCUT2D eigenvalue weighted by Crippen LogP contribution is 2.42. The molecule has 2 saturated heterocycles. The first kappa shape index (κ1) is 21.6. The summed E-state index contributed by atoms with van der Waals surface area (Å²) in [6.07, 6.45) is 3.82. The van der Waals surface area contributed by atoms with E-state index in [1.807, 2.05) is 6.07 Å². The predicted octanol–water partition coefficient (Wildman–Crippen LogP) is 3.02. The average molecular weight is 459 g/mol. The summed E-state index contributed by atoms with van der Waals surface area (Å²) in [6, 6.07) is 13.6. The Labute approximate surface area is 200 Å². The second-order valence-electron chi connectivity index (χ2n) is 10.8. The third kappa shape index (κ3) is 3.49. The molecule has 7 nitrogen and oxygen atoms in total. The molecule has 2 atom stereocenters. The van der Waals surface area contributed by atoms with Gasteiger partial charge in [-0.05, 0) is 62.1 Å². The van der Waals surface area contributed by atoms with Crippen molar-refractivity contribution in [1.82, 2.24) is 14.5 Å². The van der Waals surface area contributed by atoms with Crippen LogP contribution in [0.3, 0.4) is 0 Å². The summed E-state index contributed by atoms with van der Waals surface area (Å²) in [4.78, 5) is 24.7. The summed E-state index contributed by atoms with van der Waals surface area (Å²) in [6.45, 7) is 9.28. The molecule has 6 rings (SSSR count). The van der Waals surface area contributed by atoms with Crippen LogP contribution in [0.1, 0.15) is 43.9 Å². The van der Waals surface area contributed by atoms with Gasteiger partial charge in [0.1, 0.15) is 5.65 Å². The summed E-state index contributed by atoms with van der Waals surface area (Å²) in [5.74, 6) is 0. The number of piperidine rings is 1. The second kappa shape index (κ2) is 7.82. The van der Waals surface area contributed by atoms with Crippen LogP contribution in [0.15, 0.2) is 47.4 Å². The van der Waals surface area contributed by atoms with Crippen molar-refractivity contribution < 1.29 is 0 Å². The van der Waals surface area contributed by atoms with Crippen LogP contribution in [0.5, 0.6) is 0 Å². The minimum atomic E-state index is -0.0368. The Kier molecular flexibility index (Phi) is 4.97. The van der Waals surface area contributed by atoms with Gasteiger partial charge in [0.25, 0.3) is 5.56 Å². The molecule has 0 radical (unpaired) electrons. The molecule has 3 aliphatic rings. The zero-order valence-corrected chi connectivity index (χ0v) is 20.4. The molecule has 0 aliphatic carbocycles. The molecule has 178 valence electrons. The van der Waals surface area contributed by atoms with Crippen molar-refractivity contribution in [1.29, 1.82) is 0 Å². The van der Waals surface area contributed by atoms with Crippen LogP contribution in [0.2, 0.25) is 0 Å². The van der Waals surface area contributed by atoms with Crippen LogP contribution < -0.4 is 21.1 Å². The molecule has 0 spiro atoms. The molecule has 0 saturated carbocycles. The van der Waals surface area contributed by atoms with Crippen molar-refractivity contribution >= 4 is 22.4 Å². The molecular formula is C27H34N6O. The molecule has 0 amide bonds. The number of anilines is 2. The van der Waals surface area contributed by atoms with Gasteiger partial charge in [0.15, 0.2) is 0 Å². The summed E-state index contributed by atoms with van der Waals surface area (Å²) >= 11 is 0. The Morgan fingerprint density at radius 1 is 1.09 bits per heavy atom. The largest absolute Gasteiger partial charge is 0.371 e. The molecule has 3 aromatic rings. The Morgan fingerprint density at radius 3 is 2.68 bits per heavy atom. The van der Waals surface area contributed by atoms with E-state index >= 15 is 0 Å². The Hall–Kier alpha value is -2.90. The van der Waals surface area contributed by atoms with Crippen LogP contribution in [0.4, 0.5) is 11.4 Å². The van der Waals surface area contributed by atoms with Crippen molar-refractivity contribution in [2.24, 2.45) is 12.8 Å². The first-order valence-corrected chi connectivity index (χ1v) is 12.4. The third-order valence-electron chi connectivity index (χ3n) is 8.27. The van der Waals surface area contributed by atoms with Gasteiger partial charge >= 0.3 is 0 Å². The van der Waals surface area contributed by atoms with E-state index in [9.17, 15) is 4.79 Å². The van der Waals surface area contributed by atoms with Crippen LogP contribution in [0, 0.1) is 0 Å². The SMILES string of the molecule is C[C@@H]1CN(c2cc(=O)n(C)c3ncccc23)C[C@@H]2c3ccc(N4CCC(C)(N)CC4)cc3CN12. The Balaban J connectivity index is 1.31. The number of hydrogen-bond donors (Lipinski definition) is 1. The van der Waals surface area contributed by atoms with Crippen molar-refractivity contribution in [2.75, 3.05) is 36.0 Å². The lowest BCUT2D eigenvalue weighted by molar-refractivity contribution is 0.134. The molecule has 1 aromatic carbocycles. The van der Waals surface area contributed by atoms with E-state index in [1.165, 1.54) is 16.8 Å². The number of piperazine rings is 1. The van der Waals surface area contributed by atoms with E-state index in [0.29, 0.717) is 12.1 Å². The number of rotatable bonds is 2. The molecular weight excluding hydrogens is 424 g/mol. The minimum Gasteiger partial charge on any atom is -0.371 e. The lowest BCUT2D eigenvalue weighted by atomic mass is 9.90. The summed E-state index contributed by atoms with van der Waals surface area (Å²) in [5.41, 5.74) is 12.2. The minimum absolute atomic E-state index is 0.0112. The van der Waals surface area contributed by atoms with E-state index in [2.05, 4.69) is 57.8 Å². The molecule has 5 heterocycles.